The largest absolute Gasteiger partial charge is 0.481 e. The molecule has 0 radical (unpaired) electrons. The highest BCUT2D eigenvalue weighted by molar-refractivity contribution is 8.76. The number of hydrogen-bond acceptors (Lipinski definition) is 6. The van der Waals surface area contributed by atoms with Crippen LogP contribution in [-0.2, 0) is 22.4 Å². The number of pyridine rings is 2. The minimum Gasteiger partial charge on any atom is -0.481 e. The third-order valence-corrected chi connectivity index (χ3v) is 5.45. The molecule has 0 saturated heterocycles. The molecule has 0 aliphatic rings. The van der Waals surface area contributed by atoms with Gasteiger partial charge < -0.3 is 10.2 Å². The molecule has 126 valence electrons. The molecular weight excluding hydrogens is 348 g/mol. The maximum Gasteiger partial charge on any atom is 0.303 e. The Hall–Kier alpha value is -2.06. The Morgan fingerprint density at radius 2 is 1.25 bits per heavy atom. The number of carboxylic acids is 2. The van der Waals surface area contributed by atoms with Crippen LogP contribution in [0.15, 0.2) is 46.7 Å². The summed E-state index contributed by atoms with van der Waals surface area (Å²) in [5.74, 6) is -1.69. The van der Waals surface area contributed by atoms with E-state index in [0.29, 0.717) is 12.8 Å². The molecule has 0 bridgehead atoms. The highest BCUT2D eigenvalue weighted by Gasteiger charge is 2.11. The smallest absolute Gasteiger partial charge is 0.303 e. The van der Waals surface area contributed by atoms with Crippen molar-refractivity contribution in [1.29, 1.82) is 0 Å². The first kappa shape index (κ1) is 18.3. The Labute approximate surface area is 147 Å². The molecule has 0 aromatic carbocycles. The summed E-state index contributed by atoms with van der Waals surface area (Å²) in [6.07, 6.45) is 4.27. The molecule has 6 nitrogen and oxygen atoms in total. The van der Waals surface area contributed by atoms with Gasteiger partial charge >= 0.3 is 11.9 Å². The lowest BCUT2D eigenvalue weighted by Gasteiger charge is -2.08. The van der Waals surface area contributed by atoms with Gasteiger partial charge in [0.15, 0.2) is 0 Å². The molecule has 0 spiro atoms. The lowest BCUT2D eigenvalue weighted by molar-refractivity contribution is -0.138. The van der Waals surface area contributed by atoms with Crippen LogP contribution in [0.1, 0.15) is 24.0 Å². The van der Waals surface area contributed by atoms with Crippen molar-refractivity contribution in [2.24, 2.45) is 0 Å². The first-order valence-electron chi connectivity index (χ1n) is 7.22. The van der Waals surface area contributed by atoms with Gasteiger partial charge in [0.25, 0.3) is 0 Å². The molecule has 0 fully saturated rings. The third kappa shape index (κ3) is 5.86. The number of hydrogen-bond donors (Lipinski definition) is 2. The molecular formula is C16H16N2O4S2. The molecule has 0 atom stereocenters. The third-order valence-electron chi connectivity index (χ3n) is 3.12. The molecule has 0 aliphatic carbocycles. The minimum absolute atomic E-state index is 0.0529. The average molecular weight is 364 g/mol. The average Bonchev–Trinajstić information content (AvgIpc) is 2.57. The molecule has 2 N–H and O–H groups in total. The number of carbonyl (C=O) groups is 2. The van der Waals surface area contributed by atoms with Gasteiger partial charge in [0.05, 0.1) is 0 Å². The predicted octanol–water partition coefficient (Wildman–Crippen LogP) is 3.31. The van der Waals surface area contributed by atoms with E-state index < -0.39 is 11.9 Å². The van der Waals surface area contributed by atoms with E-state index in [1.807, 2.05) is 12.1 Å². The van der Waals surface area contributed by atoms with Gasteiger partial charge in [0, 0.05) is 25.2 Å². The molecule has 2 aromatic heterocycles. The standard InChI is InChI=1S/C16H16N2O4S2/c19-13(20)7-5-11-3-1-9-17-15(11)23-24-16-12(4-2-10-18-16)6-8-14(21)22/h1-4,9-10H,5-8H2,(H,19,20)(H,21,22). The summed E-state index contributed by atoms with van der Waals surface area (Å²) < 4.78 is 0. The quantitative estimate of drug-likeness (QED) is 0.654. The maximum absolute atomic E-state index is 10.7. The zero-order chi connectivity index (χ0) is 17.4. The lowest BCUT2D eigenvalue weighted by atomic mass is 10.2. The molecule has 0 amide bonds. The Morgan fingerprint density at radius 3 is 1.62 bits per heavy atom. The van der Waals surface area contributed by atoms with Gasteiger partial charge in [-0.15, -0.1) is 0 Å². The van der Waals surface area contributed by atoms with E-state index >= 15 is 0 Å². The summed E-state index contributed by atoms with van der Waals surface area (Å²) in [4.78, 5) is 30.1. The number of carboxylic acid groups (broad SMARTS) is 2. The Kier molecular flexibility index (Phi) is 7.07. The summed E-state index contributed by atoms with van der Waals surface area (Å²) in [6.45, 7) is 0. The first-order chi connectivity index (χ1) is 11.6. The topological polar surface area (TPSA) is 100 Å². The summed E-state index contributed by atoms with van der Waals surface area (Å²) in [6, 6.07) is 7.29. The summed E-state index contributed by atoms with van der Waals surface area (Å²) in [7, 11) is 2.81. The lowest BCUT2D eigenvalue weighted by Crippen LogP contribution is -2.00. The second-order valence-corrected chi connectivity index (χ2v) is 7.00. The fourth-order valence-corrected chi connectivity index (χ4v) is 4.23. The molecule has 0 saturated carbocycles. The van der Waals surface area contributed by atoms with Crippen molar-refractivity contribution >= 4 is 33.5 Å². The van der Waals surface area contributed by atoms with E-state index in [2.05, 4.69) is 9.97 Å². The monoisotopic (exact) mass is 364 g/mol. The van der Waals surface area contributed by atoms with Gasteiger partial charge in [-0.2, -0.15) is 0 Å². The van der Waals surface area contributed by atoms with Crippen LogP contribution in [0, 0.1) is 0 Å². The zero-order valence-corrected chi connectivity index (χ0v) is 14.3. The summed E-state index contributed by atoms with van der Waals surface area (Å²) >= 11 is 0. The number of nitrogens with zero attached hydrogens (tertiary/aromatic N) is 2. The predicted molar refractivity (Wildman–Crippen MR) is 92.1 cm³/mol. The van der Waals surface area contributed by atoms with Crippen molar-refractivity contribution in [3.63, 3.8) is 0 Å². The fourth-order valence-electron chi connectivity index (χ4n) is 1.94. The van der Waals surface area contributed by atoms with Crippen molar-refractivity contribution < 1.29 is 19.8 Å². The van der Waals surface area contributed by atoms with Crippen LogP contribution in [-0.4, -0.2) is 32.1 Å². The van der Waals surface area contributed by atoms with Crippen LogP contribution in [0.4, 0.5) is 0 Å². The second kappa shape index (κ2) is 9.29. The highest BCUT2D eigenvalue weighted by atomic mass is 33.1. The molecule has 2 heterocycles. The van der Waals surface area contributed by atoms with Gasteiger partial charge in [0.2, 0.25) is 0 Å². The molecule has 0 unspecified atom stereocenters. The van der Waals surface area contributed by atoms with Crippen molar-refractivity contribution in [2.75, 3.05) is 0 Å². The van der Waals surface area contributed by atoms with Crippen molar-refractivity contribution in [2.45, 2.75) is 35.7 Å². The summed E-state index contributed by atoms with van der Waals surface area (Å²) in [5.41, 5.74) is 1.75. The minimum atomic E-state index is -0.844. The molecule has 8 heteroatoms. The van der Waals surface area contributed by atoms with Crippen molar-refractivity contribution in [1.82, 2.24) is 9.97 Å². The van der Waals surface area contributed by atoms with E-state index in [-0.39, 0.29) is 12.8 Å². The van der Waals surface area contributed by atoms with Gasteiger partial charge in [-0.25, -0.2) is 9.97 Å². The fraction of sp³-hybridized carbons (Fsp3) is 0.250. The van der Waals surface area contributed by atoms with Crippen LogP contribution in [0.25, 0.3) is 0 Å². The number of aryl methyl sites for hydroxylation is 2. The number of rotatable bonds is 9. The normalized spacial score (nSPS) is 10.5. The van der Waals surface area contributed by atoms with E-state index in [4.69, 9.17) is 10.2 Å². The molecule has 2 aromatic rings. The summed E-state index contributed by atoms with van der Waals surface area (Å²) in [5, 5.41) is 19.1. The SMILES string of the molecule is O=C(O)CCc1cccnc1SSc1ncccc1CCC(=O)O. The van der Waals surface area contributed by atoms with Crippen LogP contribution in [0.5, 0.6) is 0 Å². The zero-order valence-electron chi connectivity index (χ0n) is 12.7. The van der Waals surface area contributed by atoms with E-state index in [9.17, 15) is 9.59 Å². The van der Waals surface area contributed by atoms with E-state index in [0.717, 1.165) is 21.2 Å². The molecule has 0 aliphatic heterocycles. The van der Waals surface area contributed by atoms with Crippen LogP contribution < -0.4 is 0 Å². The van der Waals surface area contributed by atoms with Gasteiger partial charge in [0.1, 0.15) is 10.1 Å². The van der Waals surface area contributed by atoms with Gasteiger partial charge in [-0.3, -0.25) is 9.59 Å². The van der Waals surface area contributed by atoms with Crippen LogP contribution in [0.2, 0.25) is 0 Å². The maximum atomic E-state index is 10.7. The Balaban J connectivity index is 2.06. The number of aliphatic carboxylic acids is 2. The first-order valence-corrected chi connectivity index (χ1v) is 9.37. The second-order valence-electron chi connectivity index (χ2n) is 4.89. The van der Waals surface area contributed by atoms with Crippen molar-refractivity contribution in [3.05, 3.63) is 47.8 Å². The molecule has 2 rings (SSSR count). The van der Waals surface area contributed by atoms with E-state index in [1.54, 1.807) is 24.5 Å². The molecule has 24 heavy (non-hydrogen) atoms. The van der Waals surface area contributed by atoms with Crippen LogP contribution >= 0.6 is 21.6 Å². The van der Waals surface area contributed by atoms with Gasteiger partial charge in [-0.1, -0.05) is 12.1 Å². The van der Waals surface area contributed by atoms with Crippen molar-refractivity contribution in [3.8, 4) is 0 Å². The number of aromatic nitrogens is 2. The Bertz CT molecular complexity index is 663. The Morgan fingerprint density at radius 1 is 0.833 bits per heavy atom. The van der Waals surface area contributed by atoms with E-state index in [1.165, 1.54) is 21.6 Å². The van der Waals surface area contributed by atoms with Crippen LogP contribution in [0.3, 0.4) is 0 Å². The van der Waals surface area contributed by atoms with Gasteiger partial charge in [-0.05, 0) is 57.7 Å². The highest BCUT2D eigenvalue weighted by Crippen LogP contribution is 2.38.